The Kier molecular flexibility index (Phi) is 3.57. The van der Waals surface area contributed by atoms with Gasteiger partial charge >= 0.3 is 5.97 Å². The molecule has 7 heteroatoms. The fraction of sp³-hybridized carbons (Fsp3) is 0.0625. The van der Waals surface area contributed by atoms with Crippen LogP contribution in [0.3, 0.4) is 0 Å². The first-order valence-electron chi connectivity index (χ1n) is 6.81. The molecule has 0 atom stereocenters. The van der Waals surface area contributed by atoms with E-state index in [4.69, 9.17) is 5.11 Å². The number of aromatic amines is 1. The highest BCUT2D eigenvalue weighted by atomic mass is 32.2. The molecule has 0 aliphatic carbocycles. The van der Waals surface area contributed by atoms with Crippen molar-refractivity contribution >= 4 is 32.6 Å². The second-order valence-corrected chi connectivity index (χ2v) is 6.85. The van der Waals surface area contributed by atoms with Gasteiger partial charge in [0.05, 0.1) is 16.1 Å². The average molecular weight is 330 g/mol. The average Bonchev–Trinajstić information content (AvgIpc) is 2.94. The van der Waals surface area contributed by atoms with Crippen LogP contribution in [0.5, 0.6) is 0 Å². The number of aromatic nitrogens is 1. The Labute approximate surface area is 132 Å². The second-order valence-electron chi connectivity index (χ2n) is 5.17. The molecule has 0 bridgehead atoms. The molecular formula is C16H14N2O4S. The van der Waals surface area contributed by atoms with E-state index in [-0.39, 0.29) is 10.5 Å². The third-order valence-corrected chi connectivity index (χ3v) is 4.94. The molecule has 0 radical (unpaired) electrons. The maximum absolute atomic E-state index is 12.4. The Bertz CT molecular complexity index is 989. The molecule has 3 aromatic rings. The minimum Gasteiger partial charge on any atom is -0.478 e. The summed E-state index contributed by atoms with van der Waals surface area (Å²) in [4.78, 5) is 13.9. The van der Waals surface area contributed by atoms with E-state index >= 15 is 0 Å². The normalized spacial score (nSPS) is 11.5. The lowest BCUT2D eigenvalue weighted by Gasteiger charge is -2.11. The zero-order valence-electron chi connectivity index (χ0n) is 12.2. The number of anilines is 1. The molecule has 0 amide bonds. The Hall–Kier alpha value is -2.80. The molecule has 1 aromatic heterocycles. The van der Waals surface area contributed by atoms with Crippen LogP contribution in [0, 0.1) is 6.92 Å². The smallest absolute Gasteiger partial charge is 0.335 e. The SMILES string of the molecule is Cc1cc2cc[nH]c2cc1NS(=O)(=O)c1ccc(C(=O)O)cc1. The molecule has 0 unspecified atom stereocenters. The van der Waals surface area contributed by atoms with Gasteiger partial charge in [-0.15, -0.1) is 0 Å². The summed E-state index contributed by atoms with van der Waals surface area (Å²) < 4.78 is 27.4. The summed E-state index contributed by atoms with van der Waals surface area (Å²) in [6.07, 6.45) is 1.78. The van der Waals surface area contributed by atoms with Gasteiger partial charge in [-0.25, -0.2) is 13.2 Å². The predicted octanol–water partition coefficient (Wildman–Crippen LogP) is 2.98. The first kappa shape index (κ1) is 15.1. The lowest BCUT2D eigenvalue weighted by Crippen LogP contribution is -2.14. The molecule has 1 heterocycles. The van der Waals surface area contributed by atoms with Crippen LogP contribution in [0.15, 0.2) is 53.6 Å². The molecule has 0 aliphatic heterocycles. The van der Waals surface area contributed by atoms with Crippen LogP contribution in [0.4, 0.5) is 5.69 Å². The van der Waals surface area contributed by atoms with E-state index in [0.29, 0.717) is 5.69 Å². The Morgan fingerprint density at radius 1 is 1.13 bits per heavy atom. The maximum Gasteiger partial charge on any atom is 0.335 e. The molecule has 0 aliphatic rings. The molecule has 2 aromatic carbocycles. The maximum atomic E-state index is 12.4. The van der Waals surface area contributed by atoms with E-state index in [1.54, 1.807) is 12.3 Å². The number of sulfonamides is 1. The van der Waals surface area contributed by atoms with Crippen LogP contribution in [0.2, 0.25) is 0 Å². The third kappa shape index (κ3) is 2.91. The zero-order chi connectivity index (χ0) is 16.6. The zero-order valence-corrected chi connectivity index (χ0v) is 13.0. The van der Waals surface area contributed by atoms with Gasteiger partial charge in [0, 0.05) is 11.7 Å². The van der Waals surface area contributed by atoms with Gasteiger partial charge in [-0.1, -0.05) is 0 Å². The summed E-state index contributed by atoms with van der Waals surface area (Å²) in [7, 11) is -3.79. The van der Waals surface area contributed by atoms with Crippen molar-refractivity contribution in [1.82, 2.24) is 4.98 Å². The summed E-state index contributed by atoms with van der Waals surface area (Å²) in [5, 5.41) is 9.86. The van der Waals surface area contributed by atoms with Crippen molar-refractivity contribution in [2.75, 3.05) is 4.72 Å². The molecule has 3 N–H and O–H groups in total. The third-order valence-electron chi connectivity index (χ3n) is 3.55. The number of benzene rings is 2. The Morgan fingerprint density at radius 2 is 1.83 bits per heavy atom. The molecule has 6 nitrogen and oxygen atoms in total. The second kappa shape index (κ2) is 5.44. The summed E-state index contributed by atoms with van der Waals surface area (Å²) in [5.41, 5.74) is 2.13. The van der Waals surface area contributed by atoms with Crippen molar-refractivity contribution in [2.45, 2.75) is 11.8 Å². The number of carboxylic acids is 1. The van der Waals surface area contributed by atoms with Crippen molar-refractivity contribution in [3.05, 3.63) is 59.8 Å². The summed E-state index contributed by atoms with van der Waals surface area (Å²) >= 11 is 0. The van der Waals surface area contributed by atoms with Gasteiger partial charge in [0.15, 0.2) is 0 Å². The fourth-order valence-corrected chi connectivity index (χ4v) is 3.43. The highest BCUT2D eigenvalue weighted by Crippen LogP contribution is 2.25. The summed E-state index contributed by atoms with van der Waals surface area (Å²) in [6.45, 7) is 1.82. The van der Waals surface area contributed by atoms with E-state index in [1.165, 1.54) is 24.3 Å². The largest absolute Gasteiger partial charge is 0.478 e. The van der Waals surface area contributed by atoms with Crippen molar-refractivity contribution in [2.24, 2.45) is 0 Å². The number of nitrogens with one attached hydrogen (secondary N) is 2. The monoisotopic (exact) mass is 330 g/mol. The van der Waals surface area contributed by atoms with Crippen molar-refractivity contribution in [1.29, 1.82) is 0 Å². The van der Waals surface area contributed by atoms with Gasteiger partial charge in [0.1, 0.15) is 0 Å². The quantitative estimate of drug-likeness (QED) is 0.685. The number of aryl methyl sites for hydroxylation is 1. The van der Waals surface area contributed by atoms with E-state index < -0.39 is 16.0 Å². The number of hydrogen-bond acceptors (Lipinski definition) is 3. The Morgan fingerprint density at radius 3 is 2.48 bits per heavy atom. The fourth-order valence-electron chi connectivity index (χ4n) is 2.30. The minimum absolute atomic E-state index is 0.00785. The molecule has 118 valence electrons. The molecule has 0 saturated heterocycles. The number of rotatable bonds is 4. The Balaban J connectivity index is 1.95. The first-order chi connectivity index (χ1) is 10.9. The van der Waals surface area contributed by atoms with Crippen LogP contribution in [0.1, 0.15) is 15.9 Å². The highest BCUT2D eigenvalue weighted by molar-refractivity contribution is 7.92. The standard InChI is InChI=1S/C16H14N2O4S/c1-10-8-12-6-7-17-15(12)9-14(10)18-23(21,22)13-4-2-11(3-5-13)16(19)20/h2-9,17-18H,1H3,(H,19,20). The number of aromatic carboxylic acids is 1. The van der Waals surface area contributed by atoms with Crippen molar-refractivity contribution in [3.8, 4) is 0 Å². The van der Waals surface area contributed by atoms with Gasteiger partial charge < -0.3 is 10.1 Å². The van der Waals surface area contributed by atoms with E-state index in [1.807, 2.05) is 19.1 Å². The number of fused-ring (bicyclic) bond motifs is 1. The minimum atomic E-state index is -3.79. The van der Waals surface area contributed by atoms with Crippen LogP contribution in [0.25, 0.3) is 10.9 Å². The molecule has 0 fully saturated rings. The van der Waals surface area contributed by atoms with Crippen LogP contribution in [-0.2, 0) is 10.0 Å². The predicted molar refractivity (Wildman–Crippen MR) is 87.2 cm³/mol. The van der Waals surface area contributed by atoms with E-state index in [0.717, 1.165) is 16.5 Å². The number of H-pyrrole nitrogens is 1. The number of carbonyl (C=O) groups is 1. The molecule has 0 spiro atoms. The van der Waals surface area contributed by atoms with E-state index in [9.17, 15) is 13.2 Å². The van der Waals surface area contributed by atoms with Crippen molar-refractivity contribution in [3.63, 3.8) is 0 Å². The topological polar surface area (TPSA) is 99.3 Å². The van der Waals surface area contributed by atoms with Gasteiger partial charge in [-0.3, -0.25) is 4.72 Å². The lowest BCUT2D eigenvalue weighted by molar-refractivity contribution is 0.0696. The van der Waals surface area contributed by atoms with Crippen LogP contribution in [-0.4, -0.2) is 24.5 Å². The highest BCUT2D eigenvalue weighted by Gasteiger charge is 2.16. The summed E-state index contributed by atoms with van der Waals surface area (Å²) in [5.74, 6) is -1.10. The molecule has 3 rings (SSSR count). The summed E-state index contributed by atoms with van der Waals surface area (Å²) in [6, 6.07) is 10.6. The lowest BCUT2D eigenvalue weighted by atomic mass is 10.1. The van der Waals surface area contributed by atoms with Crippen LogP contribution < -0.4 is 4.72 Å². The van der Waals surface area contributed by atoms with Gasteiger partial charge in [0.25, 0.3) is 10.0 Å². The van der Waals surface area contributed by atoms with Gasteiger partial charge in [0.2, 0.25) is 0 Å². The number of carboxylic acid groups (broad SMARTS) is 1. The van der Waals surface area contributed by atoms with Crippen LogP contribution >= 0.6 is 0 Å². The van der Waals surface area contributed by atoms with Gasteiger partial charge in [-0.2, -0.15) is 0 Å². The number of hydrogen-bond donors (Lipinski definition) is 3. The van der Waals surface area contributed by atoms with Crippen molar-refractivity contribution < 1.29 is 18.3 Å². The molecule has 23 heavy (non-hydrogen) atoms. The molecular weight excluding hydrogens is 316 g/mol. The van der Waals surface area contributed by atoms with E-state index in [2.05, 4.69) is 9.71 Å². The first-order valence-corrected chi connectivity index (χ1v) is 8.29. The van der Waals surface area contributed by atoms with Gasteiger partial charge in [-0.05, 0) is 60.3 Å². The molecule has 0 saturated carbocycles.